The summed E-state index contributed by atoms with van der Waals surface area (Å²) in [5.74, 6) is 0.668. The van der Waals surface area contributed by atoms with Crippen LogP contribution in [0.15, 0.2) is 222 Å². The normalized spacial score (nSPS) is 20.3. The van der Waals surface area contributed by atoms with Gasteiger partial charge in [-0.05, 0) is 76.9 Å². The summed E-state index contributed by atoms with van der Waals surface area (Å²) in [5, 5.41) is 4.57. The number of nitrogens with zero attached hydrogens (tertiary/aromatic N) is 1. The van der Waals surface area contributed by atoms with Crippen molar-refractivity contribution in [1.29, 1.82) is 0 Å². The van der Waals surface area contributed by atoms with E-state index in [0.29, 0.717) is 11.8 Å². The Labute approximate surface area is 328 Å². The van der Waals surface area contributed by atoms with Crippen molar-refractivity contribution in [3.05, 3.63) is 229 Å². The molecule has 0 spiro atoms. The molecule has 0 amide bonds. The third kappa shape index (κ3) is 6.29. The molecule has 0 radical (unpaired) electrons. The summed E-state index contributed by atoms with van der Waals surface area (Å²) in [6, 6.07) is 46.3. The first-order valence-electron chi connectivity index (χ1n) is 19.6. The summed E-state index contributed by atoms with van der Waals surface area (Å²) in [4.78, 5) is 2.42. The van der Waals surface area contributed by atoms with Crippen LogP contribution >= 0.6 is 0 Å². The molecule has 1 aromatic heterocycles. The molecule has 2 unspecified atom stereocenters. The van der Waals surface area contributed by atoms with Gasteiger partial charge >= 0.3 is 0 Å². The Morgan fingerprint density at radius 2 is 1.27 bits per heavy atom. The number of furan rings is 1. The summed E-state index contributed by atoms with van der Waals surface area (Å²) in [7, 11) is 0. The average Bonchev–Trinajstić information content (AvgIpc) is 3.66. The van der Waals surface area contributed by atoms with E-state index >= 15 is 0 Å². The molecule has 3 aliphatic carbocycles. The van der Waals surface area contributed by atoms with Crippen molar-refractivity contribution in [2.24, 2.45) is 5.92 Å². The van der Waals surface area contributed by atoms with Gasteiger partial charge in [-0.3, -0.25) is 0 Å². The van der Waals surface area contributed by atoms with Crippen LogP contribution in [0, 0.1) is 5.92 Å². The van der Waals surface area contributed by atoms with Gasteiger partial charge < -0.3 is 9.32 Å². The predicted octanol–water partition coefficient (Wildman–Crippen LogP) is 15.0. The van der Waals surface area contributed by atoms with E-state index in [0.717, 1.165) is 68.4 Å². The van der Waals surface area contributed by atoms with E-state index in [1.807, 2.05) is 0 Å². The number of para-hydroxylation sites is 2. The number of rotatable bonds is 6. The molecule has 0 N–H and O–H groups in total. The molecule has 1 heterocycles. The van der Waals surface area contributed by atoms with Crippen molar-refractivity contribution in [1.82, 2.24) is 0 Å². The summed E-state index contributed by atoms with van der Waals surface area (Å²) in [6.45, 7) is 0. The molecule has 0 saturated heterocycles. The minimum absolute atomic E-state index is 0.329. The minimum Gasteiger partial charge on any atom is -0.455 e. The zero-order valence-corrected chi connectivity index (χ0v) is 31.1. The van der Waals surface area contributed by atoms with E-state index in [1.54, 1.807) is 0 Å². The van der Waals surface area contributed by atoms with Crippen LogP contribution < -0.4 is 4.90 Å². The third-order valence-electron chi connectivity index (χ3n) is 11.3. The molecule has 0 fully saturated rings. The van der Waals surface area contributed by atoms with Crippen LogP contribution in [0.4, 0.5) is 17.1 Å². The quantitative estimate of drug-likeness (QED) is 0.170. The van der Waals surface area contributed by atoms with Gasteiger partial charge in [-0.25, -0.2) is 0 Å². The van der Waals surface area contributed by atoms with Gasteiger partial charge in [0.05, 0.1) is 5.69 Å². The number of benzene rings is 6. The number of allylic oxidation sites excluding steroid dienone is 16. The fraction of sp³-hybridized carbons (Fsp3) is 0.0741. The van der Waals surface area contributed by atoms with Gasteiger partial charge in [0.15, 0.2) is 0 Å². The molecule has 268 valence electrons. The molecule has 56 heavy (non-hydrogen) atoms. The van der Waals surface area contributed by atoms with Gasteiger partial charge in [0.1, 0.15) is 11.2 Å². The van der Waals surface area contributed by atoms with E-state index in [2.05, 4.69) is 217 Å². The van der Waals surface area contributed by atoms with Gasteiger partial charge in [0.2, 0.25) is 0 Å². The second-order valence-electron chi connectivity index (χ2n) is 14.8. The smallest absolute Gasteiger partial charge is 0.143 e. The maximum Gasteiger partial charge on any atom is 0.143 e. The number of hydrogen-bond donors (Lipinski definition) is 0. The Hall–Kier alpha value is -6.90. The maximum atomic E-state index is 6.88. The van der Waals surface area contributed by atoms with E-state index in [4.69, 9.17) is 4.42 Å². The van der Waals surface area contributed by atoms with Crippen molar-refractivity contribution < 1.29 is 4.42 Å². The zero-order valence-electron chi connectivity index (χ0n) is 31.1. The van der Waals surface area contributed by atoms with Crippen molar-refractivity contribution in [2.45, 2.75) is 18.8 Å². The van der Waals surface area contributed by atoms with Crippen molar-refractivity contribution >= 4 is 55.3 Å². The van der Waals surface area contributed by atoms with E-state index < -0.39 is 0 Å². The minimum atomic E-state index is 0.329. The number of hydrogen-bond acceptors (Lipinski definition) is 2. The Bertz CT molecular complexity index is 2870. The highest BCUT2D eigenvalue weighted by molar-refractivity contribution is 6.17. The Morgan fingerprint density at radius 1 is 0.518 bits per heavy atom. The molecule has 0 saturated carbocycles. The van der Waals surface area contributed by atoms with Crippen molar-refractivity contribution in [2.75, 3.05) is 4.90 Å². The topological polar surface area (TPSA) is 16.4 Å². The van der Waals surface area contributed by atoms with Gasteiger partial charge in [-0.1, -0.05) is 176 Å². The molecule has 6 aromatic carbocycles. The van der Waals surface area contributed by atoms with Gasteiger partial charge in [-0.15, -0.1) is 0 Å². The van der Waals surface area contributed by atoms with Gasteiger partial charge in [0, 0.05) is 50.5 Å². The second kappa shape index (κ2) is 14.7. The van der Waals surface area contributed by atoms with Crippen LogP contribution in [-0.2, 0) is 0 Å². The Balaban J connectivity index is 1.10. The molecule has 0 aliphatic heterocycles. The highest BCUT2D eigenvalue weighted by atomic mass is 16.3. The lowest BCUT2D eigenvalue weighted by Crippen LogP contribution is -2.12. The van der Waals surface area contributed by atoms with Crippen LogP contribution in [0.2, 0.25) is 0 Å². The van der Waals surface area contributed by atoms with Crippen molar-refractivity contribution in [3.8, 4) is 11.1 Å². The van der Waals surface area contributed by atoms with E-state index in [1.165, 1.54) is 27.7 Å². The molecule has 2 atom stereocenters. The summed E-state index contributed by atoms with van der Waals surface area (Å²) in [5.41, 5.74) is 12.4. The molecule has 3 aliphatic rings. The fourth-order valence-corrected chi connectivity index (χ4v) is 8.50. The molecule has 7 aromatic rings. The van der Waals surface area contributed by atoms with E-state index in [9.17, 15) is 0 Å². The molecule has 10 rings (SSSR count). The number of anilines is 3. The predicted molar refractivity (Wildman–Crippen MR) is 238 cm³/mol. The van der Waals surface area contributed by atoms with Crippen LogP contribution in [-0.4, -0.2) is 0 Å². The summed E-state index contributed by atoms with van der Waals surface area (Å²) in [6.07, 6.45) is 32.9. The second-order valence-corrected chi connectivity index (χ2v) is 14.8. The largest absolute Gasteiger partial charge is 0.455 e. The standard InChI is InChI=1S/C54H41NO/c1-2-4-7-20-42-36-44(29-28-39(42)18-6-3-1)40-30-33-45(34-31-40)55(46-22-14-21-43(37-46)38-16-8-5-9-17-38)52-27-13-12-24-48(52)49-25-15-26-50-51-35-32-41-19-10-11-23-47(41)53(51)56-54(49)50/h1-16,18-19,21-38,42H,17,20H2/b2-1-,6-3-,7-4+,39-18+. The molecular weight excluding hydrogens is 679 g/mol. The Morgan fingerprint density at radius 3 is 2.20 bits per heavy atom. The Kier molecular flexibility index (Phi) is 8.85. The highest BCUT2D eigenvalue weighted by Gasteiger charge is 2.22. The highest BCUT2D eigenvalue weighted by Crippen LogP contribution is 2.46. The molecule has 2 heteroatoms. The zero-order chi connectivity index (χ0) is 37.3. The van der Waals surface area contributed by atoms with Crippen LogP contribution in [0.3, 0.4) is 0 Å². The first-order valence-corrected chi connectivity index (χ1v) is 19.6. The van der Waals surface area contributed by atoms with Crippen LogP contribution in [0.25, 0.3) is 49.4 Å². The van der Waals surface area contributed by atoms with Crippen LogP contribution in [0.5, 0.6) is 0 Å². The van der Waals surface area contributed by atoms with Gasteiger partial charge in [0.25, 0.3) is 0 Å². The lowest BCUT2D eigenvalue weighted by molar-refractivity contribution is 0.674. The molecule has 2 nitrogen and oxygen atoms in total. The SMILES string of the molecule is C1=CCC(c2cccc(N(c3ccc(C4=CC5C/C=C/C=C\C=C/C=C/5C=C4)cc3)c3ccccc3-c3cccc4c3oc3c5ccccc5ccc43)c2)C=C1. The molecular formula is C54H41NO. The maximum absolute atomic E-state index is 6.88. The monoisotopic (exact) mass is 719 g/mol. The summed E-state index contributed by atoms with van der Waals surface area (Å²) < 4.78 is 6.88. The average molecular weight is 720 g/mol. The fourth-order valence-electron chi connectivity index (χ4n) is 8.50. The molecule has 0 bridgehead atoms. The third-order valence-corrected chi connectivity index (χ3v) is 11.3. The number of fused-ring (bicyclic) bond motifs is 6. The first kappa shape index (κ1) is 33.7. The lowest BCUT2D eigenvalue weighted by Gasteiger charge is -2.29. The lowest BCUT2D eigenvalue weighted by atomic mass is 9.85. The van der Waals surface area contributed by atoms with Crippen molar-refractivity contribution in [3.63, 3.8) is 0 Å². The van der Waals surface area contributed by atoms with Gasteiger partial charge in [-0.2, -0.15) is 0 Å². The summed E-state index contributed by atoms with van der Waals surface area (Å²) >= 11 is 0. The van der Waals surface area contributed by atoms with E-state index in [-0.39, 0.29) is 0 Å². The first-order chi connectivity index (χ1) is 27.8. The van der Waals surface area contributed by atoms with Crippen LogP contribution in [0.1, 0.15) is 29.9 Å².